The summed E-state index contributed by atoms with van der Waals surface area (Å²) >= 11 is 0. The van der Waals surface area contributed by atoms with E-state index in [1.807, 2.05) is 0 Å². The van der Waals surface area contributed by atoms with Crippen molar-refractivity contribution in [3.63, 3.8) is 0 Å². The molecule has 0 unspecified atom stereocenters. The van der Waals surface area contributed by atoms with Gasteiger partial charge in [-0.2, -0.15) is 0 Å². The Kier molecular flexibility index (Phi) is 23.6. The highest BCUT2D eigenvalue weighted by Crippen LogP contribution is 1.99. The van der Waals surface area contributed by atoms with Gasteiger partial charge in [0.25, 0.3) is 0 Å². The molecular weight excluding hydrogens is 736 g/mol. The minimum Gasteiger partial charge on any atom is -0.480 e. The lowest BCUT2D eigenvalue weighted by atomic mass is 10.1. The van der Waals surface area contributed by atoms with Crippen LogP contribution in [0.15, 0.2) is 9.98 Å². The second-order valence-electron chi connectivity index (χ2n) is 11.3. The molecule has 0 aromatic carbocycles. The fourth-order valence-corrected chi connectivity index (χ4v) is 3.87. The maximum Gasteiger partial charge on any atom is 0.326 e. The number of nitrogens with two attached hydrogens (primary N) is 6. The minimum absolute atomic E-state index is 0.00278. The van der Waals surface area contributed by atoms with Crippen LogP contribution in [0.5, 0.6) is 0 Å². The van der Waals surface area contributed by atoms with Crippen LogP contribution in [0.3, 0.4) is 0 Å². The number of primary amides is 1. The molecule has 0 aliphatic rings. The van der Waals surface area contributed by atoms with Crippen molar-refractivity contribution in [2.45, 2.75) is 50.2 Å². The first-order valence-corrected chi connectivity index (χ1v) is 16.4. The number of carbonyl (C=O) groups is 10. The molecule has 0 aromatic heterocycles. The predicted octanol–water partition coefficient (Wildman–Crippen LogP) is -9.95. The molecule has 308 valence electrons. The van der Waals surface area contributed by atoms with Crippen molar-refractivity contribution in [1.29, 1.82) is 0 Å². The van der Waals surface area contributed by atoms with Gasteiger partial charge in [-0.15, -0.1) is 0 Å². The number of carbonyl (C=O) groups excluding carboxylic acids is 9. The average molecular weight is 787 g/mol. The molecule has 0 bridgehead atoms. The van der Waals surface area contributed by atoms with Gasteiger partial charge in [-0.05, 0) is 25.7 Å². The maximum atomic E-state index is 12.6. The van der Waals surface area contributed by atoms with E-state index in [0.29, 0.717) is 6.42 Å². The first-order valence-electron chi connectivity index (χ1n) is 16.4. The van der Waals surface area contributed by atoms with Gasteiger partial charge in [0.05, 0.1) is 51.7 Å². The second kappa shape index (κ2) is 26.9. The molecule has 0 fully saturated rings. The van der Waals surface area contributed by atoms with E-state index in [2.05, 4.69) is 52.5 Å². The average Bonchev–Trinajstić information content (AvgIpc) is 3.11. The number of hydrogen-bond acceptors (Lipinski definition) is 13. The molecule has 3 atom stereocenters. The van der Waals surface area contributed by atoms with Crippen molar-refractivity contribution >= 4 is 71.1 Å². The summed E-state index contributed by atoms with van der Waals surface area (Å²) in [6, 6.07) is -3.78. The van der Waals surface area contributed by atoms with Crippen molar-refractivity contribution in [1.82, 2.24) is 42.5 Å². The molecule has 0 aliphatic carbocycles. The normalized spacial score (nSPS) is 11.8. The van der Waals surface area contributed by atoms with Gasteiger partial charge in [0.15, 0.2) is 11.9 Å². The summed E-state index contributed by atoms with van der Waals surface area (Å²) in [6.45, 7) is -3.37. The van der Waals surface area contributed by atoms with Gasteiger partial charge in [0.2, 0.25) is 53.2 Å². The summed E-state index contributed by atoms with van der Waals surface area (Å²) < 4.78 is 0. The van der Waals surface area contributed by atoms with Crippen LogP contribution in [0.2, 0.25) is 0 Å². The summed E-state index contributed by atoms with van der Waals surface area (Å²) in [4.78, 5) is 127. The Labute approximate surface area is 313 Å². The van der Waals surface area contributed by atoms with E-state index < -0.39 is 123 Å². The van der Waals surface area contributed by atoms with E-state index in [-0.39, 0.29) is 44.3 Å². The number of hydrogen-bond donors (Lipinski definition) is 15. The monoisotopic (exact) mass is 786 g/mol. The van der Waals surface area contributed by atoms with Gasteiger partial charge in [-0.25, -0.2) is 4.79 Å². The topological polar surface area (TPSA) is 468 Å². The molecule has 0 saturated heterocycles. The zero-order valence-corrected chi connectivity index (χ0v) is 29.8. The Bertz CT molecular complexity index is 1450. The van der Waals surface area contributed by atoms with Gasteiger partial charge in [-0.3, -0.25) is 53.1 Å². The molecule has 27 heteroatoms. The molecular formula is C28H50N16O11. The summed E-state index contributed by atoms with van der Waals surface area (Å²) in [5.41, 5.74) is 31.6. The molecule has 0 aromatic rings. The molecule has 0 spiro atoms. The van der Waals surface area contributed by atoms with E-state index in [1.54, 1.807) is 0 Å². The number of nitrogens with one attached hydrogen (secondary N) is 8. The minimum atomic E-state index is -1.57. The van der Waals surface area contributed by atoms with Crippen molar-refractivity contribution in [2.75, 3.05) is 52.4 Å². The predicted molar refractivity (Wildman–Crippen MR) is 191 cm³/mol. The summed E-state index contributed by atoms with van der Waals surface area (Å²) in [5, 5.41) is 26.7. The van der Waals surface area contributed by atoms with Crippen LogP contribution in [0.4, 0.5) is 0 Å². The van der Waals surface area contributed by atoms with Crippen LogP contribution in [0.25, 0.3) is 0 Å². The summed E-state index contributed by atoms with van der Waals surface area (Å²) in [6.07, 6.45) is 0.207. The zero-order valence-electron chi connectivity index (χ0n) is 29.8. The van der Waals surface area contributed by atoms with Crippen LogP contribution < -0.4 is 76.9 Å². The van der Waals surface area contributed by atoms with Gasteiger partial charge >= 0.3 is 5.97 Å². The van der Waals surface area contributed by atoms with E-state index in [1.165, 1.54) is 0 Å². The largest absolute Gasteiger partial charge is 0.480 e. The van der Waals surface area contributed by atoms with Crippen LogP contribution in [0, 0.1) is 0 Å². The van der Waals surface area contributed by atoms with Crippen LogP contribution >= 0.6 is 0 Å². The summed E-state index contributed by atoms with van der Waals surface area (Å²) in [5.74, 6) is -9.33. The number of carboxylic acids is 1. The van der Waals surface area contributed by atoms with E-state index >= 15 is 0 Å². The smallest absolute Gasteiger partial charge is 0.326 e. The molecule has 0 saturated carbocycles. The van der Waals surface area contributed by atoms with Gasteiger partial charge in [-0.1, -0.05) is 0 Å². The first kappa shape index (κ1) is 48.2. The lowest BCUT2D eigenvalue weighted by Crippen LogP contribution is -2.53. The fraction of sp³-hybridized carbons (Fsp3) is 0.571. The SMILES string of the molecule is NC(=O)C[C@H](NC(=O)CNC(=O)CNC(=O)CNC(=O)[C@@H](N)CCCN=C(N)N)C(=O)NCC(=O)NCC(=O)NCC(=O)N[C@@H](CCCN=C(N)N)C(=O)O. The van der Waals surface area contributed by atoms with Crippen LogP contribution in [0.1, 0.15) is 32.1 Å². The van der Waals surface area contributed by atoms with Gasteiger partial charge in [0, 0.05) is 13.1 Å². The van der Waals surface area contributed by atoms with Crippen molar-refractivity contribution < 1.29 is 53.1 Å². The molecule has 0 rings (SSSR count). The highest BCUT2D eigenvalue weighted by atomic mass is 16.4. The van der Waals surface area contributed by atoms with Crippen LogP contribution in [-0.4, -0.2) is 147 Å². The molecule has 27 nitrogen and oxygen atoms in total. The molecule has 9 amide bonds. The zero-order chi connectivity index (χ0) is 41.9. The Morgan fingerprint density at radius 1 is 0.491 bits per heavy atom. The molecule has 0 radical (unpaired) electrons. The Balaban J connectivity index is 4.56. The van der Waals surface area contributed by atoms with Gasteiger partial charge in [0.1, 0.15) is 12.1 Å². The van der Waals surface area contributed by atoms with Crippen LogP contribution in [-0.2, 0) is 47.9 Å². The van der Waals surface area contributed by atoms with Crippen molar-refractivity contribution in [3.8, 4) is 0 Å². The molecule has 21 N–H and O–H groups in total. The third-order valence-corrected chi connectivity index (χ3v) is 6.57. The molecule has 0 aliphatic heterocycles. The highest BCUT2D eigenvalue weighted by Gasteiger charge is 2.24. The lowest BCUT2D eigenvalue weighted by molar-refractivity contribution is -0.142. The first-order chi connectivity index (χ1) is 25.8. The van der Waals surface area contributed by atoms with E-state index in [4.69, 9.17) is 34.4 Å². The Hall–Kier alpha value is -6.80. The number of guanidine groups is 2. The van der Waals surface area contributed by atoms with Crippen molar-refractivity contribution in [2.24, 2.45) is 44.4 Å². The fourth-order valence-electron chi connectivity index (χ4n) is 3.87. The highest BCUT2D eigenvalue weighted by molar-refractivity contribution is 5.96. The standard InChI is InChI=1S/C28H50N16O11/c29-14(3-1-5-35-27(31)32)24(52)41-10-20(48)37-8-19(47)40-13-23(51)44-16(7-17(30)45)25(53)42-11-21(49)38-9-18(46)39-12-22(50)43-15(26(54)55)4-2-6-36-28(33)34/h14-16H,1-13,29H2,(H2,30,45)(H,37,48)(H,38,49)(H,39,46)(H,40,47)(H,41,52)(H,42,53)(H,43,50)(H,44,51)(H,54,55)(H4,31,32,35)(H4,33,34,36)/t14-,15-,16-/m0/s1. The molecule has 55 heavy (non-hydrogen) atoms. The number of nitrogens with zero attached hydrogens (tertiary/aromatic N) is 2. The van der Waals surface area contributed by atoms with E-state index in [0.717, 1.165) is 0 Å². The number of rotatable bonds is 27. The lowest BCUT2D eigenvalue weighted by Gasteiger charge is -2.17. The van der Waals surface area contributed by atoms with E-state index in [9.17, 15) is 53.1 Å². The summed E-state index contributed by atoms with van der Waals surface area (Å²) in [7, 11) is 0. The maximum absolute atomic E-state index is 12.6. The third kappa shape index (κ3) is 25.7. The number of aliphatic imine (C=N–C) groups is 2. The third-order valence-electron chi connectivity index (χ3n) is 6.57. The van der Waals surface area contributed by atoms with Gasteiger partial charge < -0.3 is 82.0 Å². The number of aliphatic carboxylic acids is 1. The number of carboxylic acid groups (broad SMARTS) is 1. The Morgan fingerprint density at radius 2 is 0.855 bits per heavy atom. The molecule has 0 heterocycles. The quantitative estimate of drug-likeness (QED) is 0.0209. The Morgan fingerprint density at radius 3 is 1.25 bits per heavy atom. The second-order valence-corrected chi connectivity index (χ2v) is 11.3. The van der Waals surface area contributed by atoms with Crippen molar-refractivity contribution in [3.05, 3.63) is 0 Å². The number of amides is 9.